The molecule has 246 valence electrons. The predicted octanol–water partition coefficient (Wildman–Crippen LogP) is 6.84. The number of halogens is 8. The second-order valence-corrected chi connectivity index (χ2v) is 11.2. The van der Waals surface area contributed by atoms with Gasteiger partial charge in [-0.15, -0.1) is 25.6 Å². The standard InChI is InChI=1S/C29H30ClF6N5O3.ClH/c30-20-5-8-23(19-3-6-21(7-4-19)39-12-10-38(11-13-39)14-15-44-29(34,35)36)25(16-20)40-9-1-2-22(18-40)41-26(28(31,32)33)24(17-37-41)27(42)43;/h3-8,16-17,22H,1-2,9-15,18H2,(H,42,43);1H. The summed E-state index contributed by atoms with van der Waals surface area (Å²) in [7, 11) is 0. The minimum atomic E-state index is -4.89. The van der Waals surface area contributed by atoms with Crippen LogP contribution in [0.5, 0.6) is 0 Å². The summed E-state index contributed by atoms with van der Waals surface area (Å²) >= 11 is 6.36. The molecule has 16 heteroatoms. The van der Waals surface area contributed by atoms with Crippen molar-refractivity contribution in [2.75, 3.05) is 62.2 Å². The lowest BCUT2D eigenvalue weighted by atomic mass is 9.99. The van der Waals surface area contributed by atoms with E-state index in [1.54, 1.807) is 12.1 Å². The Labute approximate surface area is 266 Å². The maximum atomic E-state index is 13.9. The van der Waals surface area contributed by atoms with E-state index >= 15 is 0 Å². The molecule has 8 nitrogen and oxygen atoms in total. The monoisotopic (exact) mass is 681 g/mol. The molecule has 1 atom stereocenters. The Morgan fingerprint density at radius 1 is 0.978 bits per heavy atom. The van der Waals surface area contributed by atoms with Crippen LogP contribution in [0.25, 0.3) is 11.1 Å². The number of anilines is 2. The number of piperazine rings is 1. The van der Waals surface area contributed by atoms with E-state index in [-0.39, 0.29) is 25.5 Å². The summed E-state index contributed by atoms with van der Waals surface area (Å²) < 4.78 is 83.1. The van der Waals surface area contributed by atoms with Crippen molar-refractivity contribution in [3.05, 3.63) is 64.9 Å². The van der Waals surface area contributed by atoms with Crippen molar-refractivity contribution in [2.45, 2.75) is 31.4 Å². The average Bonchev–Trinajstić information content (AvgIpc) is 3.44. The molecular weight excluding hydrogens is 651 g/mol. The first-order valence-corrected chi connectivity index (χ1v) is 14.4. The minimum absolute atomic E-state index is 0. The van der Waals surface area contributed by atoms with E-state index in [9.17, 15) is 36.2 Å². The molecule has 0 radical (unpaired) electrons. The molecule has 3 heterocycles. The third kappa shape index (κ3) is 8.34. The van der Waals surface area contributed by atoms with Gasteiger partial charge in [0.15, 0.2) is 5.69 Å². The van der Waals surface area contributed by atoms with E-state index in [0.29, 0.717) is 50.6 Å². The van der Waals surface area contributed by atoms with Gasteiger partial charge in [-0.1, -0.05) is 29.8 Å². The van der Waals surface area contributed by atoms with Gasteiger partial charge in [-0.25, -0.2) is 4.79 Å². The third-order valence-corrected chi connectivity index (χ3v) is 8.16. The predicted molar refractivity (Wildman–Crippen MR) is 159 cm³/mol. The van der Waals surface area contributed by atoms with Gasteiger partial charge in [0.1, 0.15) is 5.56 Å². The molecule has 0 aliphatic carbocycles. The number of ether oxygens (including phenoxy) is 1. The maximum absolute atomic E-state index is 13.9. The Morgan fingerprint density at radius 2 is 1.67 bits per heavy atom. The van der Waals surface area contributed by atoms with Crippen molar-refractivity contribution < 1.29 is 41.0 Å². The molecule has 1 aromatic heterocycles. The van der Waals surface area contributed by atoms with Crippen molar-refractivity contribution in [3.8, 4) is 11.1 Å². The van der Waals surface area contributed by atoms with Gasteiger partial charge >= 0.3 is 18.5 Å². The number of aromatic carboxylic acids is 1. The van der Waals surface area contributed by atoms with Gasteiger partial charge in [0, 0.05) is 67.8 Å². The van der Waals surface area contributed by atoms with Crippen molar-refractivity contribution in [1.82, 2.24) is 14.7 Å². The van der Waals surface area contributed by atoms with E-state index < -0.39 is 42.4 Å². The molecule has 2 aromatic carbocycles. The van der Waals surface area contributed by atoms with Gasteiger partial charge in [-0.2, -0.15) is 18.3 Å². The molecule has 45 heavy (non-hydrogen) atoms. The lowest BCUT2D eigenvalue weighted by Gasteiger charge is -2.37. The molecule has 2 saturated heterocycles. The second-order valence-electron chi connectivity index (χ2n) is 10.7. The molecule has 2 aliphatic rings. The number of hydrogen-bond acceptors (Lipinski definition) is 6. The van der Waals surface area contributed by atoms with Crippen LogP contribution in [0, 0.1) is 0 Å². The summed E-state index contributed by atoms with van der Waals surface area (Å²) in [5.74, 6) is -1.69. The van der Waals surface area contributed by atoms with Crippen LogP contribution in [-0.2, 0) is 10.9 Å². The van der Waals surface area contributed by atoms with Crippen LogP contribution in [0.2, 0.25) is 5.02 Å². The van der Waals surface area contributed by atoms with Crippen molar-refractivity contribution >= 4 is 41.4 Å². The summed E-state index contributed by atoms with van der Waals surface area (Å²) in [5.41, 5.74) is 1.25. The lowest BCUT2D eigenvalue weighted by molar-refractivity contribution is -0.325. The smallest absolute Gasteiger partial charge is 0.478 e. The van der Waals surface area contributed by atoms with Crippen molar-refractivity contribution in [2.24, 2.45) is 0 Å². The third-order valence-electron chi connectivity index (χ3n) is 7.93. The van der Waals surface area contributed by atoms with Crippen LogP contribution in [0.4, 0.5) is 37.7 Å². The Balaban J connectivity index is 0.00000461. The lowest BCUT2D eigenvalue weighted by Crippen LogP contribution is -2.47. The molecule has 0 spiro atoms. The highest BCUT2D eigenvalue weighted by molar-refractivity contribution is 6.31. The fourth-order valence-corrected chi connectivity index (χ4v) is 6.00. The van der Waals surface area contributed by atoms with Crippen LogP contribution >= 0.6 is 24.0 Å². The van der Waals surface area contributed by atoms with Gasteiger partial charge in [-0.05, 0) is 42.7 Å². The van der Waals surface area contributed by atoms with Crippen LogP contribution in [0.1, 0.15) is 34.9 Å². The van der Waals surface area contributed by atoms with Gasteiger partial charge in [0.25, 0.3) is 0 Å². The summed E-state index contributed by atoms with van der Waals surface area (Å²) in [6.07, 6.45) is -7.81. The molecular formula is C29H31Cl2F6N5O3. The first-order valence-electron chi connectivity index (χ1n) is 14.0. The topological polar surface area (TPSA) is 74.1 Å². The molecule has 2 fully saturated rings. The van der Waals surface area contributed by atoms with Crippen LogP contribution in [0.3, 0.4) is 0 Å². The molecule has 1 N–H and O–H groups in total. The normalized spacial score (nSPS) is 18.2. The van der Waals surface area contributed by atoms with E-state index in [4.69, 9.17) is 11.6 Å². The van der Waals surface area contributed by atoms with Crippen LogP contribution < -0.4 is 9.80 Å². The van der Waals surface area contributed by atoms with E-state index in [2.05, 4.69) is 14.7 Å². The zero-order valence-corrected chi connectivity index (χ0v) is 25.4. The number of carbonyl (C=O) groups is 1. The maximum Gasteiger partial charge on any atom is 0.522 e. The number of nitrogens with zero attached hydrogens (tertiary/aromatic N) is 5. The Morgan fingerprint density at radius 3 is 2.29 bits per heavy atom. The summed E-state index contributed by atoms with van der Waals surface area (Å²) in [6.45, 7) is 3.01. The van der Waals surface area contributed by atoms with Crippen molar-refractivity contribution in [1.29, 1.82) is 0 Å². The molecule has 0 bridgehead atoms. The summed E-state index contributed by atoms with van der Waals surface area (Å²) in [5, 5.41) is 13.6. The zero-order chi connectivity index (χ0) is 31.6. The average molecular weight is 682 g/mol. The Hall–Kier alpha value is -3.20. The molecule has 0 saturated carbocycles. The number of aromatic nitrogens is 2. The van der Waals surface area contributed by atoms with E-state index in [0.717, 1.165) is 33.4 Å². The summed E-state index contributed by atoms with van der Waals surface area (Å²) in [6, 6.07) is 12.5. The first kappa shape index (κ1) is 34.7. The fraction of sp³-hybridized carbons (Fsp3) is 0.448. The number of alkyl halides is 6. The van der Waals surface area contributed by atoms with Crippen molar-refractivity contribution in [3.63, 3.8) is 0 Å². The largest absolute Gasteiger partial charge is 0.522 e. The fourth-order valence-electron chi connectivity index (χ4n) is 5.83. The van der Waals surface area contributed by atoms with Gasteiger partial charge < -0.3 is 14.9 Å². The van der Waals surface area contributed by atoms with Crippen LogP contribution in [-0.4, -0.2) is 84.5 Å². The number of carboxylic acids is 1. The quantitative estimate of drug-likeness (QED) is 0.261. The molecule has 0 amide bonds. The SMILES string of the molecule is Cl.O=C(O)c1cnn(C2CCCN(c3cc(Cl)ccc3-c3ccc(N4CCN(CCOC(F)(F)F)CC4)cc3)C2)c1C(F)(F)F. The highest BCUT2D eigenvalue weighted by atomic mass is 35.5. The second kappa shape index (κ2) is 14.1. The Bertz CT molecular complexity index is 1460. The summed E-state index contributed by atoms with van der Waals surface area (Å²) in [4.78, 5) is 17.5. The van der Waals surface area contributed by atoms with E-state index in [1.807, 2.05) is 40.1 Å². The Kier molecular flexibility index (Phi) is 10.8. The van der Waals surface area contributed by atoms with Gasteiger partial charge in [0.2, 0.25) is 0 Å². The number of carboxylic acid groups (broad SMARTS) is 1. The number of benzene rings is 2. The highest BCUT2D eigenvalue weighted by Crippen LogP contribution is 2.39. The minimum Gasteiger partial charge on any atom is -0.478 e. The zero-order valence-electron chi connectivity index (χ0n) is 23.8. The molecule has 5 rings (SSSR count). The molecule has 1 unspecified atom stereocenters. The number of rotatable bonds is 8. The molecule has 3 aromatic rings. The number of hydrogen-bond donors (Lipinski definition) is 1. The van der Waals surface area contributed by atoms with Crippen LogP contribution in [0.15, 0.2) is 48.7 Å². The highest BCUT2D eigenvalue weighted by Gasteiger charge is 2.42. The first-order chi connectivity index (χ1) is 20.8. The number of piperidine rings is 1. The van der Waals surface area contributed by atoms with Gasteiger partial charge in [-0.3, -0.25) is 14.3 Å². The molecule has 2 aliphatic heterocycles. The van der Waals surface area contributed by atoms with Gasteiger partial charge in [0.05, 0.1) is 18.8 Å². The van der Waals surface area contributed by atoms with E-state index in [1.165, 1.54) is 0 Å².